The van der Waals surface area contributed by atoms with Gasteiger partial charge in [-0.15, -0.1) is 11.3 Å². The van der Waals surface area contributed by atoms with Crippen LogP contribution in [0.1, 0.15) is 25.3 Å². The molecule has 5 nitrogen and oxygen atoms in total. The highest BCUT2D eigenvalue weighted by atomic mass is 32.2. The van der Waals surface area contributed by atoms with Crippen molar-refractivity contribution >= 4 is 29.1 Å². The maximum Gasteiger partial charge on any atom is 0.193 e. The Labute approximate surface area is 176 Å². The molecule has 1 saturated heterocycles. The summed E-state index contributed by atoms with van der Waals surface area (Å²) in [5, 5.41) is 5.47. The summed E-state index contributed by atoms with van der Waals surface area (Å²) in [7, 11) is 0. The molecule has 152 valence electrons. The third-order valence-electron chi connectivity index (χ3n) is 4.58. The molecule has 0 aliphatic carbocycles. The molecule has 0 spiro atoms. The van der Waals surface area contributed by atoms with E-state index in [-0.39, 0.29) is 0 Å². The van der Waals surface area contributed by atoms with E-state index >= 15 is 0 Å². The van der Waals surface area contributed by atoms with Gasteiger partial charge in [0, 0.05) is 49.4 Å². The summed E-state index contributed by atoms with van der Waals surface area (Å²) < 4.78 is 7.09. The molecular formula is C21H30N4OS2. The standard InChI is InChI=1S/C21H30N4OS2/c1-2-22-20(23-10-6-13-27-21-24-11-14-28-21)25-12-9-19(15-25)17-26-16-18-7-4-3-5-8-18/h3-5,7-8,11,14,19H,2,6,9-10,12-13,15-17H2,1H3,(H,22,23). The molecule has 1 atom stereocenters. The number of guanidine groups is 1. The van der Waals surface area contributed by atoms with Crippen molar-refractivity contribution in [3.8, 4) is 0 Å². The van der Waals surface area contributed by atoms with Crippen molar-refractivity contribution in [1.82, 2.24) is 15.2 Å². The zero-order valence-corrected chi connectivity index (χ0v) is 18.2. The maximum atomic E-state index is 5.95. The Balaban J connectivity index is 1.37. The molecule has 0 saturated carbocycles. The lowest BCUT2D eigenvalue weighted by Gasteiger charge is -2.21. The average molecular weight is 419 g/mol. The van der Waals surface area contributed by atoms with Crippen LogP contribution in [0.15, 0.2) is 51.2 Å². The lowest BCUT2D eigenvalue weighted by Crippen LogP contribution is -2.40. The van der Waals surface area contributed by atoms with Crippen LogP contribution in [-0.4, -0.2) is 54.4 Å². The summed E-state index contributed by atoms with van der Waals surface area (Å²) in [6, 6.07) is 10.4. The smallest absolute Gasteiger partial charge is 0.193 e. The van der Waals surface area contributed by atoms with Gasteiger partial charge in [0.05, 0.1) is 13.2 Å². The first-order valence-electron chi connectivity index (χ1n) is 10.0. The first kappa shape index (κ1) is 21.1. The second-order valence-electron chi connectivity index (χ2n) is 6.84. The van der Waals surface area contributed by atoms with Gasteiger partial charge in [0.1, 0.15) is 4.34 Å². The molecule has 1 unspecified atom stereocenters. The summed E-state index contributed by atoms with van der Waals surface area (Å²) >= 11 is 3.52. The fourth-order valence-corrected chi connectivity index (χ4v) is 4.83. The molecule has 2 aromatic rings. The van der Waals surface area contributed by atoms with Gasteiger partial charge in [-0.3, -0.25) is 4.99 Å². The summed E-state index contributed by atoms with van der Waals surface area (Å²) in [6.07, 6.45) is 4.09. The van der Waals surface area contributed by atoms with Crippen LogP contribution >= 0.6 is 23.1 Å². The van der Waals surface area contributed by atoms with Gasteiger partial charge >= 0.3 is 0 Å². The predicted molar refractivity (Wildman–Crippen MR) is 119 cm³/mol. The summed E-state index contributed by atoms with van der Waals surface area (Å²) in [5.41, 5.74) is 1.24. The lowest BCUT2D eigenvalue weighted by molar-refractivity contribution is 0.0907. The molecule has 2 heterocycles. The monoisotopic (exact) mass is 418 g/mol. The molecule has 1 aliphatic heterocycles. The first-order chi connectivity index (χ1) is 13.8. The Kier molecular flexibility index (Phi) is 9.13. The van der Waals surface area contributed by atoms with E-state index in [2.05, 4.69) is 46.4 Å². The minimum Gasteiger partial charge on any atom is -0.376 e. The molecule has 1 aromatic carbocycles. The number of aromatic nitrogens is 1. The number of thioether (sulfide) groups is 1. The summed E-state index contributed by atoms with van der Waals surface area (Å²) in [4.78, 5) is 11.5. The third kappa shape index (κ3) is 7.11. The van der Waals surface area contributed by atoms with E-state index < -0.39 is 0 Å². The van der Waals surface area contributed by atoms with Gasteiger partial charge in [-0.2, -0.15) is 0 Å². The molecule has 7 heteroatoms. The highest BCUT2D eigenvalue weighted by molar-refractivity contribution is 8.00. The Morgan fingerprint density at radius 2 is 2.29 bits per heavy atom. The fraction of sp³-hybridized carbons (Fsp3) is 0.524. The van der Waals surface area contributed by atoms with Crippen LogP contribution in [0.2, 0.25) is 0 Å². The number of benzene rings is 1. The number of hydrogen-bond acceptors (Lipinski definition) is 5. The Hall–Kier alpha value is -1.57. The van der Waals surface area contributed by atoms with E-state index in [1.165, 1.54) is 12.0 Å². The maximum absolute atomic E-state index is 5.95. The van der Waals surface area contributed by atoms with Gasteiger partial charge in [0.25, 0.3) is 0 Å². The van der Waals surface area contributed by atoms with Crippen molar-refractivity contribution in [2.75, 3.05) is 38.5 Å². The highest BCUT2D eigenvalue weighted by Crippen LogP contribution is 2.21. The number of thiazole rings is 1. The molecule has 0 bridgehead atoms. The minimum atomic E-state index is 0.577. The number of likely N-dealkylation sites (tertiary alicyclic amines) is 1. The van der Waals surface area contributed by atoms with Gasteiger partial charge in [0.15, 0.2) is 5.96 Å². The molecule has 1 N–H and O–H groups in total. The van der Waals surface area contributed by atoms with Crippen LogP contribution in [0.5, 0.6) is 0 Å². The molecule has 28 heavy (non-hydrogen) atoms. The van der Waals surface area contributed by atoms with E-state index in [0.29, 0.717) is 12.5 Å². The van der Waals surface area contributed by atoms with Gasteiger partial charge in [0.2, 0.25) is 0 Å². The fourth-order valence-electron chi connectivity index (χ4n) is 3.20. The molecular weight excluding hydrogens is 388 g/mol. The second-order valence-corrected chi connectivity index (χ2v) is 9.07. The van der Waals surface area contributed by atoms with Crippen LogP contribution in [0.3, 0.4) is 0 Å². The molecule has 0 amide bonds. The normalized spacial score (nSPS) is 17.2. The molecule has 3 rings (SSSR count). The van der Waals surface area contributed by atoms with E-state index in [9.17, 15) is 0 Å². The largest absolute Gasteiger partial charge is 0.376 e. The van der Waals surface area contributed by atoms with E-state index in [1.54, 1.807) is 11.3 Å². The number of aliphatic imine (C=N–C) groups is 1. The van der Waals surface area contributed by atoms with E-state index in [1.807, 2.05) is 29.4 Å². The van der Waals surface area contributed by atoms with Crippen LogP contribution < -0.4 is 5.32 Å². The van der Waals surface area contributed by atoms with Gasteiger partial charge in [-0.05, 0) is 25.3 Å². The van der Waals surface area contributed by atoms with E-state index in [4.69, 9.17) is 9.73 Å². The third-order valence-corrected chi connectivity index (χ3v) is 6.64. The zero-order valence-electron chi connectivity index (χ0n) is 16.5. The van der Waals surface area contributed by atoms with Crippen molar-refractivity contribution in [3.63, 3.8) is 0 Å². The van der Waals surface area contributed by atoms with Crippen molar-refractivity contribution in [2.24, 2.45) is 10.9 Å². The predicted octanol–water partition coefficient (Wildman–Crippen LogP) is 4.13. The van der Waals surface area contributed by atoms with Gasteiger partial charge in [-0.1, -0.05) is 42.1 Å². The number of ether oxygens (including phenoxy) is 1. The average Bonchev–Trinajstić information content (AvgIpc) is 3.40. The number of nitrogens with one attached hydrogen (secondary N) is 1. The molecule has 0 radical (unpaired) electrons. The number of nitrogens with zero attached hydrogens (tertiary/aromatic N) is 3. The second kappa shape index (κ2) is 12.1. The van der Waals surface area contributed by atoms with Gasteiger partial charge < -0.3 is 15.0 Å². The van der Waals surface area contributed by atoms with Crippen LogP contribution in [0.25, 0.3) is 0 Å². The molecule has 1 aliphatic rings. The first-order valence-corrected chi connectivity index (χ1v) is 11.9. The number of rotatable bonds is 10. The Morgan fingerprint density at radius 3 is 3.07 bits per heavy atom. The van der Waals surface area contributed by atoms with Crippen LogP contribution in [0, 0.1) is 5.92 Å². The van der Waals surface area contributed by atoms with Crippen molar-refractivity contribution in [3.05, 3.63) is 47.5 Å². The quantitative estimate of drug-likeness (QED) is 0.272. The van der Waals surface area contributed by atoms with Crippen LogP contribution in [0.4, 0.5) is 0 Å². The Morgan fingerprint density at radius 1 is 1.39 bits per heavy atom. The molecule has 1 aromatic heterocycles. The SMILES string of the molecule is CCNC(=NCCCSc1nccs1)N1CCC(COCc2ccccc2)C1. The number of hydrogen-bond donors (Lipinski definition) is 1. The minimum absolute atomic E-state index is 0.577. The van der Waals surface area contributed by atoms with E-state index in [0.717, 1.165) is 55.3 Å². The van der Waals surface area contributed by atoms with Crippen molar-refractivity contribution < 1.29 is 4.74 Å². The van der Waals surface area contributed by atoms with Crippen LogP contribution in [-0.2, 0) is 11.3 Å². The topological polar surface area (TPSA) is 49.8 Å². The van der Waals surface area contributed by atoms with Gasteiger partial charge in [-0.25, -0.2) is 4.98 Å². The van der Waals surface area contributed by atoms with Crippen molar-refractivity contribution in [1.29, 1.82) is 0 Å². The molecule has 1 fully saturated rings. The Bertz CT molecular complexity index is 694. The van der Waals surface area contributed by atoms with Crippen molar-refractivity contribution in [2.45, 2.75) is 30.7 Å². The summed E-state index contributed by atoms with van der Waals surface area (Å²) in [6.45, 7) is 7.47. The lowest BCUT2D eigenvalue weighted by atomic mass is 10.1. The highest BCUT2D eigenvalue weighted by Gasteiger charge is 2.24. The summed E-state index contributed by atoms with van der Waals surface area (Å²) in [5.74, 6) is 2.69. The zero-order chi connectivity index (χ0) is 19.4.